The molecule has 0 aliphatic rings. The maximum absolute atomic E-state index is 13.1. The molecule has 1 aromatic carbocycles. The van der Waals surface area contributed by atoms with Crippen molar-refractivity contribution in [2.45, 2.75) is 20.1 Å². The van der Waals surface area contributed by atoms with E-state index in [2.05, 4.69) is 0 Å². The fourth-order valence-electron chi connectivity index (χ4n) is 1.31. The van der Waals surface area contributed by atoms with Crippen molar-refractivity contribution in [3.8, 4) is 5.75 Å². The van der Waals surface area contributed by atoms with Crippen LogP contribution in [0.3, 0.4) is 0 Å². The lowest BCUT2D eigenvalue weighted by Gasteiger charge is -2.18. The molecular formula is C12H15ClF2O3. The van der Waals surface area contributed by atoms with E-state index < -0.39 is 17.9 Å². The van der Waals surface area contributed by atoms with Crippen molar-refractivity contribution in [2.24, 2.45) is 0 Å². The molecule has 0 spiro atoms. The molecule has 0 unspecified atom stereocenters. The van der Waals surface area contributed by atoms with Gasteiger partial charge in [0.15, 0.2) is 6.29 Å². The summed E-state index contributed by atoms with van der Waals surface area (Å²) in [5.74, 6) is -1.69. The highest BCUT2D eigenvalue weighted by Crippen LogP contribution is 2.28. The lowest BCUT2D eigenvalue weighted by molar-refractivity contribution is -0.152. The molecule has 0 N–H and O–H groups in total. The van der Waals surface area contributed by atoms with Crippen LogP contribution in [0.2, 0.25) is 5.02 Å². The highest BCUT2D eigenvalue weighted by molar-refractivity contribution is 6.32. The largest absolute Gasteiger partial charge is 0.487 e. The van der Waals surface area contributed by atoms with Crippen molar-refractivity contribution < 1.29 is 23.0 Å². The Morgan fingerprint density at radius 1 is 1.17 bits per heavy atom. The van der Waals surface area contributed by atoms with E-state index >= 15 is 0 Å². The second-order valence-electron chi connectivity index (χ2n) is 3.35. The summed E-state index contributed by atoms with van der Waals surface area (Å²) in [5, 5.41) is -0.261. The summed E-state index contributed by atoms with van der Waals surface area (Å²) in [4.78, 5) is 0. The maximum atomic E-state index is 13.1. The van der Waals surface area contributed by atoms with E-state index in [1.807, 2.05) is 0 Å². The molecule has 0 saturated carbocycles. The zero-order valence-corrected chi connectivity index (χ0v) is 11.0. The molecule has 0 fully saturated rings. The first kappa shape index (κ1) is 15.1. The molecule has 102 valence electrons. The first-order valence-electron chi connectivity index (χ1n) is 5.59. The summed E-state index contributed by atoms with van der Waals surface area (Å²) < 4.78 is 41.8. The molecule has 0 aliphatic carbocycles. The molecule has 1 aromatic rings. The van der Waals surface area contributed by atoms with Gasteiger partial charge in [0.05, 0.1) is 0 Å². The Hall–Kier alpha value is -0.910. The molecule has 0 atom stereocenters. The lowest BCUT2D eigenvalue weighted by atomic mass is 10.3. The average molecular weight is 281 g/mol. The van der Waals surface area contributed by atoms with Crippen molar-refractivity contribution in [3.63, 3.8) is 0 Å². The zero-order valence-electron chi connectivity index (χ0n) is 10.2. The Balaban J connectivity index is 2.66. The van der Waals surface area contributed by atoms with Gasteiger partial charge in [0.25, 0.3) is 0 Å². The third kappa shape index (κ3) is 4.40. The Morgan fingerprint density at radius 3 is 2.33 bits per heavy atom. The van der Waals surface area contributed by atoms with Gasteiger partial charge in [-0.1, -0.05) is 11.6 Å². The van der Waals surface area contributed by atoms with Crippen molar-refractivity contribution in [2.75, 3.05) is 19.8 Å². The van der Waals surface area contributed by atoms with Crippen molar-refractivity contribution in [1.82, 2.24) is 0 Å². The topological polar surface area (TPSA) is 27.7 Å². The van der Waals surface area contributed by atoms with Crippen LogP contribution < -0.4 is 4.74 Å². The minimum Gasteiger partial charge on any atom is -0.487 e. The van der Waals surface area contributed by atoms with Crippen LogP contribution >= 0.6 is 11.6 Å². The van der Waals surface area contributed by atoms with Crippen LogP contribution in [0.1, 0.15) is 13.8 Å². The van der Waals surface area contributed by atoms with Gasteiger partial charge in [0.2, 0.25) is 0 Å². The van der Waals surface area contributed by atoms with Crippen LogP contribution in [0, 0.1) is 11.6 Å². The standard InChI is InChI=1S/C12H15ClF2O3/c1-3-16-11(17-4-2)7-18-10-6-8(14)5-9(15)12(10)13/h5-6,11H,3-4,7H2,1-2H3. The number of hydrogen-bond acceptors (Lipinski definition) is 3. The van der Waals surface area contributed by atoms with E-state index in [9.17, 15) is 8.78 Å². The quantitative estimate of drug-likeness (QED) is 0.566. The lowest BCUT2D eigenvalue weighted by Crippen LogP contribution is -2.25. The van der Waals surface area contributed by atoms with Gasteiger partial charge in [0, 0.05) is 25.3 Å². The zero-order chi connectivity index (χ0) is 13.5. The number of rotatable bonds is 7. The molecule has 0 bridgehead atoms. The monoisotopic (exact) mass is 280 g/mol. The predicted molar refractivity (Wildman–Crippen MR) is 63.9 cm³/mol. The summed E-state index contributed by atoms with van der Waals surface area (Å²) in [5.41, 5.74) is 0. The SMILES string of the molecule is CCOC(COc1cc(F)cc(F)c1Cl)OCC. The Kier molecular flexibility index (Phi) is 6.32. The van der Waals surface area contributed by atoms with Gasteiger partial charge in [-0.15, -0.1) is 0 Å². The maximum Gasteiger partial charge on any atom is 0.191 e. The number of benzene rings is 1. The third-order valence-electron chi connectivity index (χ3n) is 2.04. The van der Waals surface area contributed by atoms with Gasteiger partial charge in [-0.3, -0.25) is 0 Å². The van der Waals surface area contributed by atoms with E-state index in [0.717, 1.165) is 6.07 Å². The van der Waals surface area contributed by atoms with E-state index in [1.54, 1.807) is 13.8 Å². The molecule has 0 heterocycles. The number of halogens is 3. The van der Waals surface area contributed by atoms with Gasteiger partial charge in [0.1, 0.15) is 29.0 Å². The van der Waals surface area contributed by atoms with Crippen molar-refractivity contribution >= 4 is 11.6 Å². The van der Waals surface area contributed by atoms with Gasteiger partial charge >= 0.3 is 0 Å². The Labute approximate surface area is 110 Å². The van der Waals surface area contributed by atoms with Crippen LogP contribution in [0.15, 0.2) is 12.1 Å². The minimum absolute atomic E-state index is 0.00426. The molecule has 0 aliphatic heterocycles. The smallest absolute Gasteiger partial charge is 0.191 e. The Bertz CT molecular complexity index is 382. The van der Waals surface area contributed by atoms with Crippen molar-refractivity contribution in [1.29, 1.82) is 0 Å². The van der Waals surface area contributed by atoms with Gasteiger partial charge in [-0.2, -0.15) is 0 Å². The van der Waals surface area contributed by atoms with Gasteiger partial charge < -0.3 is 14.2 Å². The van der Waals surface area contributed by atoms with Crippen LogP contribution in [-0.4, -0.2) is 26.1 Å². The summed E-state index contributed by atoms with van der Waals surface area (Å²) in [6.07, 6.45) is -0.595. The molecule has 6 heteroatoms. The van der Waals surface area contributed by atoms with E-state index in [4.69, 9.17) is 25.8 Å². The second kappa shape index (κ2) is 7.51. The fraction of sp³-hybridized carbons (Fsp3) is 0.500. The van der Waals surface area contributed by atoms with E-state index in [0.29, 0.717) is 19.3 Å². The molecule has 3 nitrogen and oxygen atoms in total. The summed E-state index contributed by atoms with van der Waals surface area (Å²) in [6.45, 7) is 4.50. The summed E-state index contributed by atoms with van der Waals surface area (Å²) in [7, 11) is 0. The van der Waals surface area contributed by atoms with Crippen LogP contribution in [0.4, 0.5) is 8.78 Å². The molecule has 0 saturated heterocycles. The molecule has 0 amide bonds. The number of ether oxygens (including phenoxy) is 3. The van der Waals surface area contributed by atoms with Crippen LogP contribution in [-0.2, 0) is 9.47 Å². The van der Waals surface area contributed by atoms with Crippen molar-refractivity contribution in [3.05, 3.63) is 28.8 Å². The second-order valence-corrected chi connectivity index (χ2v) is 3.73. The molecule has 1 rings (SSSR count). The third-order valence-corrected chi connectivity index (χ3v) is 2.41. The van der Waals surface area contributed by atoms with E-state index in [-0.39, 0.29) is 17.4 Å². The summed E-state index contributed by atoms with van der Waals surface area (Å²) in [6, 6.07) is 1.71. The van der Waals surface area contributed by atoms with Crippen LogP contribution in [0.5, 0.6) is 5.75 Å². The first-order chi connectivity index (χ1) is 8.58. The molecule has 18 heavy (non-hydrogen) atoms. The minimum atomic E-state index is -0.865. The normalized spacial score (nSPS) is 11.0. The van der Waals surface area contributed by atoms with Gasteiger partial charge in [-0.25, -0.2) is 8.78 Å². The highest BCUT2D eigenvalue weighted by Gasteiger charge is 2.14. The van der Waals surface area contributed by atoms with Crippen LogP contribution in [0.25, 0.3) is 0 Å². The summed E-state index contributed by atoms with van der Waals surface area (Å²) >= 11 is 5.65. The fourth-order valence-corrected chi connectivity index (χ4v) is 1.48. The Morgan fingerprint density at radius 2 is 1.78 bits per heavy atom. The highest BCUT2D eigenvalue weighted by atomic mass is 35.5. The van der Waals surface area contributed by atoms with E-state index in [1.165, 1.54) is 0 Å². The first-order valence-corrected chi connectivity index (χ1v) is 5.96. The molecular weight excluding hydrogens is 266 g/mol. The predicted octanol–water partition coefficient (Wildman–Crippen LogP) is 3.40. The number of hydrogen-bond donors (Lipinski definition) is 0. The van der Waals surface area contributed by atoms with Gasteiger partial charge in [-0.05, 0) is 13.8 Å². The average Bonchev–Trinajstić information content (AvgIpc) is 2.32. The molecule has 0 radical (unpaired) electrons. The molecule has 0 aromatic heterocycles.